The van der Waals surface area contributed by atoms with Crippen molar-refractivity contribution in [1.82, 2.24) is 15.8 Å². The highest BCUT2D eigenvalue weighted by atomic mass is 16.7. The number of amides is 1. The van der Waals surface area contributed by atoms with Gasteiger partial charge in [0.1, 0.15) is 6.04 Å². The van der Waals surface area contributed by atoms with Crippen molar-refractivity contribution in [2.24, 2.45) is 5.92 Å². The summed E-state index contributed by atoms with van der Waals surface area (Å²) in [6.45, 7) is 3.58. The number of hydrazine groups is 1. The number of fused-ring (bicyclic) bond motifs is 1. The summed E-state index contributed by atoms with van der Waals surface area (Å²) < 4.78 is 10.7. The predicted molar refractivity (Wildman–Crippen MR) is 84.8 cm³/mol. The van der Waals surface area contributed by atoms with Gasteiger partial charge in [0.2, 0.25) is 12.7 Å². The molecule has 4 rings (SSSR count). The van der Waals surface area contributed by atoms with Gasteiger partial charge in [0.15, 0.2) is 11.5 Å². The molecule has 0 spiro atoms. The molecule has 1 aliphatic carbocycles. The van der Waals surface area contributed by atoms with Gasteiger partial charge in [0.05, 0.1) is 0 Å². The zero-order valence-electron chi connectivity index (χ0n) is 13.4. The number of hydrogen-bond donors (Lipinski definition) is 2. The SMILES string of the molecule is CCN(Cc1ccc2c(c1)OCO2)C(=O)C1CC(C2CC2)NN1. The number of benzene rings is 1. The molecule has 3 aliphatic rings. The lowest BCUT2D eigenvalue weighted by atomic mass is 10.1. The maximum Gasteiger partial charge on any atom is 0.241 e. The fraction of sp³-hybridized carbons (Fsp3) is 0.588. The molecule has 124 valence electrons. The van der Waals surface area contributed by atoms with Gasteiger partial charge in [-0.1, -0.05) is 6.07 Å². The molecular formula is C17H23N3O3. The first-order chi connectivity index (χ1) is 11.2. The smallest absolute Gasteiger partial charge is 0.241 e. The number of carbonyl (C=O) groups excluding carboxylic acids is 1. The molecular weight excluding hydrogens is 294 g/mol. The second-order valence-corrected chi connectivity index (χ2v) is 6.56. The van der Waals surface area contributed by atoms with E-state index in [4.69, 9.17) is 9.47 Å². The van der Waals surface area contributed by atoms with Crippen molar-refractivity contribution >= 4 is 5.91 Å². The van der Waals surface area contributed by atoms with Crippen LogP contribution in [0, 0.1) is 5.92 Å². The highest BCUT2D eigenvalue weighted by molar-refractivity contribution is 5.82. The molecule has 1 saturated carbocycles. The average Bonchev–Trinajstić information content (AvgIpc) is 3.12. The summed E-state index contributed by atoms with van der Waals surface area (Å²) in [5, 5.41) is 0. The first kappa shape index (κ1) is 14.8. The summed E-state index contributed by atoms with van der Waals surface area (Å²) in [5.74, 6) is 2.46. The molecule has 6 heteroatoms. The van der Waals surface area contributed by atoms with E-state index < -0.39 is 0 Å². The second kappa shape index (κ2) is 6.02. The number of nitrogens with one attached hydrogen (secondary N) is 2. The third kappa shape index (κ3) is 3.01. The average molecular weight is 317 g/mol. The largest absolute Gasteiger partial charge is 0.454 e. The minimum Gasteiger partial charge on any atom is -0.454 e. The Labute approximate surface area is 136 Å². The van der Waals surface area contributed by atoms with Gasteiger partial charge in [-0.15, -0.1) is 0 Å². The van der Waals surface area contributed by atoms with Crippen LogP contribution < -0.4 is 20.3 Å². The van der Waals surface area contributed by atoms with E-state index in [9.17, 15) is 4.79 Å². The second-order valence-electron chi connectivity index (χ2n) is 6.56. The minimum atomic E-state index is -0.116. The predicted octanol–water partition coefficient (Wildman–Crippen LogP) is 1.41. The monoisotopic (exact) mass is 317 g/mol. The fourth-order valence-electron chi connectivity index (χ4n) is 3.38. The summed E-state index contributed by atoms with van der Waals surface area (Å²) in [6.07, 6.45) is 3.46. The Morgan fingerprint density at radius 1 is 1.26 bits per heavy atom. The molecule has 2 atom stereocenters. The van der Waals surface area contributed by atoms with E-state index in [0.29, 0.717) is 19.1 Å². The maximum absolute atomic E-state index is 12.8. The van der Waals surface area contributed by atoms with Crippen molar-refractivity contribution in [1.29, 1.82) is 0 Å². The quantitative estimate of drug-likeness (QED) is 0.860. The highest BCUT2D eigenvalue weighted by Crippen LogP contribution is 2.36. The van der Waals surface area contributed by atoms with Crippen LogP contribution in [-0.4, -0.2) is 36.2 Å². The highest BCUT2D eigenvalue weighted by Gasteiger charge is 2.39. The Kier molecular flexibility index (Phi) is 3.87. The van der Waals surface area contributed by atoms with E-state index in [1.165, 1.54) is 12.8 Å². The molecule has 2 unspecified atom stereocenters. The first-order valence-electron chi connectivity index (χ1n) is 8.43. The fourth-order valence-corrected chi connectivity index (χ4v) is 3.38. The Morgan fingerprint density at radius 3 is 2.87 bits per heavy atom. The molecule has 1 saturated heterocycles. The number of ether oxygens (including phenoxy) is 2. The molecule has 2 N–H and O–H groups in total. The summed E-state index contributed by atoms with van der Waals surface area (Å²) in [5.41, 5.74) is 7.54. The lowest BCUT2D eigenvalue weighted by Crippen LogP contribution is -2.45. The molecule has 2 fully saturated rings. The van der Waals surface area contributed by atoms with Gasteiger partial charge in [0, 0.05) is 19.1 Å². The van der Waals surface area contributed by atoms with E-state index >= 15 is 0 Å². The van der Waals surface area contributed by atoms with Crippen molar-refractivity contribution < 1.29 is 14.3 Å². The van der Waals surface area contributed by atoms with Gasteiger partial charge >= 0.3 is 0 Å². The number of likely N-dealkylation sites (N-methyl/N-ethyl adjacent to an activating group) is 1. The van der Waals surface area contributed by atoms with E-state index in [-0.39, 0.29) is 18.7 Å². The van der Waals surface area contributed by atoms with E-state index in [1.54, 1.807) is 0 Å². The van der Waals surface area contributed by atoms with E-state index in [1.807, 2.05) is 30.0 Å². The zero-order valence-corrected chi connectivity index (χ0v) is 13.4. The van der Waals surface area contributed by atoms with Crippen molar-refractivity contribution in [3.8, 4) is 11.5 Å². The Morgan fingerprint density at radius 2 is 2.09 bits per heavy atom. The molecule has 2 aliphatic heterocycles. The van der Waals surface area contributed by atoms with Gasteiger partial charge in [-0.25, -0.2) is 5.43 Å². The zero-order chi connectivity index (χ0) is 15.8. The molecule has 1 aromatic carbocycles. The lowest BCUT2D eigenvalue weighted by Gasteiger charge is -2.24. The summed E-state index contributed by atoms with van der Waals surface area (Å²) >= 11 is 0. The van der Waals surface area contributed by atoms with Gasteiger partial charge in [-0.05, 0) is 49.8 Å². The first-order valence-corrected chi connectivity index (χ1v) is 8.43. The molecule has 0 radical (unpaired) electrons. The van der Waals surface area contributed by atoms with Crippen LogP contribution in [0.2, 0.25) is 0 Å². The van der Waals surface area contributed by atoms with Crippen LogP contribution in [0.25, 0.3) is 0 Å². The Bertz CT molecular complexity index is 603. The normalized spacial score (nSPS) is 25.6. The van der Waals surface area contributed by atoms with Gasteiger partial charge in [0.25, 0.3) is 0 Å². The topological polar surface area (TPSA) is 62.8 Å². The van der Waals surface area contributed by atoms with Crippen molar-refractivity contribution in [2.75, 3.05) is 13.3 Å². The Hall–Kier alpha value is -1.79. The number of hydrogen-bond acceptors (Lipinski definition) is 5. The molecule has 1 amide bonds. The van der Waals surface area contributed by atoms with Crippen LogP contribution in [0.3, 0.4) is 0 Å². The molecule has 23 heavy (non-hydrogen) atoms. The maximum atomic E-state index is 12.8. The van der Waals surface area contributed by atoms with Crippen LogP contribution in [0.4, 0.5) is 0 Å². The van der Waals surface area contributed by atoms with Crippen LogP contribution in [0.15, 0.2) is 18.2 Å². The van der Waals surface area contributed by atoms with Crippen LogP contribution in [-0.2, 0) is 11.3 Å². The van der Waals surface area contributed by atoms with Crippen molar-refractivity contribution in [3.05, 3.63) is 23.8 Å². The lowest BCUT2D eigenvalue weighted by molar-refractivity contribution is -0.133. The van der Waals surface area contributed by atoms with Crippen molar-refractivity contribution in [2.45, 2.75) is 44.8 Å². The molecule has 6 nitrogen and oxygen atoms in total. The molecule has 2 heterocycles. The number of carbonyl (C=O) groups is 1. The third-order valence-corrected chi connectivity index (χ3v) is 4.93. The molecule has 0 bridgehead atoms. The van der Waals surface area contributed by atoms with Crippen LogP contribution in [0.5, 0.6) is 11.5 Å². The summed E-state index contributed by atoms with van der Waals surface area (Å²) in [4.78, 5) is 14.7. The summed E-state index contributed by atoms with van der Waals surface area (Å²) in [7, 11) is 0. The van der Waals surface area contributed by atoms with Crippen LogP contribution >= 0.6 is 0 Å². The van der Waals surface area contributed by atoms with Crippen molar-refractivity contribution in [3.63, 3.8) is 0 Å². The standard InChI is InChI=1S/C17H23N3O3/c1-2-20(9-11-3-6-15-16(7-11)23-10-22-15)17(21)14-8-13(18-19-14)12-4-5-12/h3,6-7,12-14,18-19H,2,4-5,8-10H2,1H3. The molecule has 1 aromatic rings. The summed E-state index contributed by atoms with van der Waals surface area (Å²) in [6, 6.07) is 6.21. The Balaban J connectivity index is 1.40. The molecule has 0 aromatic heterocycles. The van der Waals surface area contributed by atoms with E-state index in [2.05, 4.69) is 10.9 Å². The number of rotatable bonds is 5. The van der Waals surface area contributed by atoms with Crippen LogP contribution in [0.1, 0.15) is 31.7 Å². The number of nitrogens with zero attached hydrogens (tertiary/aromatic N) is 1. The third-order valence-electron chi connectivity index (χ3n) is 4.93. The van der Waals surface area contributed by atoms with Gasteiger partial charge in [-0.3, -0.25) is 10.2 Å². The van der Waals surface area contributed by atoms with Gasteiger partial charge < -0.3 is 14.4 Å². The minimum absolute atomic E-state index is 0.116. The van der Waals surface area contributed by atoms with Gasteiger partial charge in [-0.2, -0.15) is 0 Å². The van der Waals surface area contributed by atoms with E-state index in [0.717, 1.165) is 29.4 Å².